The Hall–Kier alpha value is -1.88. The van der Waals surface area contributed by atoms with E-state index in [-0.39, 0.29) is 18.4 Å². The molecule has 20 heavy (non-hydrogen) atoms. The van der Waals surface area contributed by atoms with Crippen LogP contribution >= 0.6 is 11.3 Å². The van der Waals surface area contributed by atoms with Crippen molar-refractivity contribution in [3.05, 3.63) is 35.2 Å². The van der Waals surface area contributed by atoms with E-state index in [1.165, 1.54) is 4.70 Å². The van der Waals surface area contributed by atoms with Crippen molar-refractivity contribution in [1.29, 1.82) is 0 Å². The van der Waals surface area contributed by atoms with Gasteiger partial charge in [0.15, 0.2) is 0 Å². The lowest BCUT2D eigenvalue weighted by Crippen LogP contribution is -2.63. The standard InChI is InChI=1S/C15H16N2O2S/c1-15(2)14(19)16-7-13(18)17(15)8-10-9-20-12-6-4-3-5-11(10)12/h3-6,9H,7-8H2,1-2H3,(H,16,19). The number of amides is 2. The average molecular weight is 288 g/mol. The first-order chi connectivity index (χ1) is 9.50. The second kappa shape index (κ2) is 4.59. The zero-order valence-corrected chi connectivity index (χ0v) is 12.3. The fourth-order valence-corrected chi connectivity index (χ4v) is 3.47. The lowest BCUT2D eigenvalue weighted by Gasteiger charge is -2.41. The van der Waals surface area contributed by atoms with Crippen molar-refractivity contribution in [2.45, 2.75) is 25.9 Å². The highest BCUT2D eigenvalue weighted by Crippen LogP contribution is 2.29. The van der Waals surface area contributed by atoms with Crippen LogP contribution < -0.4 is 5.32 Å². The highest BCUT2D eigenvalue weighted by molar-refractivity contribution is 7.17. The molecule has 1 N–H and O–H groups in total. The zero-order chi connectivity index (χ0) is 14.3. The maximum Gasteiger partial charge on any atom is 0.245 e. The molecule has 3 rings (SSSR count). The third-order valence-corrected chi connectivity index (χ3v) is 4.83. The van der Waals surface area contributed by atoms with Crippen molar-refractivity contribution in [2.24, 2.45) is 0 Å². The van der Waals surface area contributed by atoms with Gasteiger partial charge in [-0.2, -0.15) is 0 Å². The molecule has 1 aromatic heterocycles. The van der Waals surface area contributed by atoms with Crippen molar-refractivity contribution in [3.8, 4) is 0 Å². The molecule has 2 heterocycles. The summed E-state index contributed by atoms with van der Waals surface area (Å²) in [5.74, 6) is -0.137. The minimum absolute atomic E-state index is 0.0371. The molecule has 0 atom stereocenters. The summed E-state index contributed by atoms with van der Waals surface area (Å²) in [6.45, 7) is 4.13. The van der Waals surface area contributed by atoms with E-state index in [2.05, 4.69) is 22.8 Å². The second-order valence-corrected chi connectivity index (χ2v) is 6.39. The normalized spacial score (nSPS) is 18.4. The molecule has 1 saturated heterocycles. The van der Waals surface area contributed by atoms with Gasteiger partial charge in [-0.3, -0.25) is 9.59 Å². The lowest BCUT2D eigenvalue weighted by molar-refractivity contribution is -0.152. The van der Waals surface area contributed by atoms with E-state index in [0.717, 1.165) is 10.9 Å². The number of piperazine rings is 1. The molecule has 0 bridgehead atoms. The molecule has 5 heteroatoms. The Labute approximate surface area is 121 Å². The van der Waals surface area contributed by atoms with E-state index in [1.54, 1.807) is 30.1 Å². The Morgan fingerprint density at radius 1 is 1.30 bits per heavy atom. The van der Waals surface area contributed by atoms with Crippen LogP contribution in [0.5, 0.6) is 0 Å². The van der Waals surface area contributed by atoms with Crippen molar-refractivity contribution >= 4 is 33.2 Å². The third-order valence-electron chi connectivity index (χ3n) is 3.82. The third kappa shape index (κ3) is 1.98. The van der Waals surface area contributed by atoms with Crippen LogP contribution in [0.15, 0.2) is 29.6 Å². The summed E-state index contributed by atoms with van der Waals surface area (Å²) in [4.78, 5) is 25.8. The van der Waals surface area contributed by atoms with Crippen molar-refractivity contribution in [1.82, 2.24) is 10.2 Å². The van der Waals surface area contributed by atoms with Crippen LogP contribution in [0.4, 0.5) is 0 Å². The van der Waals surface area contributed by atoms with Crippen LogP contribution in [0.1, 0.15) is 19.4 Å². The maximum absolute atomic E-state index is 12.1. The van der Waals surface area contributed by atoms with Crippen LogP contribution in [0.2, 0.25) is 0 Å². The van der Waals surface area contributed by atoms with Gasteiger partial charge in [-0.15, -0.1) is 11.3 Å². The number of hydrogen-bond donors (Lipinski definition) is 1. The lowest BCUT2D eigenvalue weighted by atomic mass is 9.97. The van der Waals surface area contributed by atoms with Crippen molar-refractivity contribution < 1.29 is 9.59 Å². The SMILES string of the molecule is CC1(C)C(=O)NCC(=O)N1Cc1csc2ccccc12. The van der Waals surface area contributed by atoms with E-state index in [9.17, 15) is 9.59 Å². The van der Waals surface area contributed by atoms with Gasteiger partial charge in [-0.25, -0.2) is 0 Å². The van der Waals surface area contributed by atoms with Gasteiger partial charge in [-0.1, -0.05) is 18.2 Å². The zero-order valence-electron chi connectivity index (χ0n) is 11.5. The molecule has 1 fully saturated rings. The first-order valence-corrected chi connectivity index (χ1v) is 7.42. The molecule has 0 spiro atoms. The van der Waals surface area contributed by atoms with Gasteiger partial charge in [0.2, 0.25) is 11.8 Å². The molecular formula is C15H16N2O2S. The summed E-state index contributed by atoms with van der Waals surface area (Å²) in [5.41, 5.74) is 0.292. The highest BCUT2D eigenvalue weighted by atomic mass is 32.1. The number of nitrogens with one attached hydrogen (secondary N) is 1. The summed E-state index contributed by atoms with van der Waals surface area (Å²) in [6, 6.07) is 8.13. The number of carbonyl (C=O) groups is 2. The Bertz CT molecular complexity index is 690. The van der Waals surface area contributed by atoms with E-state index >= 15 is 0 Å². The van der Waals surface area contributed by atoms with E-state index in [0.29, 0.717) is 6.54 Å². The number of rotatable bonds is 2. The van der Waals surface area contributed by atoms with Gasteiger partial charge < -0.3 is 10.2 Å². The highest BCUT2D eigenvalue weighted by Gasteiger charge is 2.41. The molecule has 0 aliphatic carbocycles. The molecule has 4 nitrogen and oxygen atoms in total. The quantitative estimate of drug-likeness (QED) is 0.920. The number of carbonyl (C=O) groups excluding carboxylic acids is 2. The van der Waals surface area contributed by atoms with Crippen LogP contribution in [-0.4, -0.2) is 28.8 Å². The van der Waals surface area contributed by atoms with Crippen molar-refractivity contribution in [2.75, 3.05) is 6.54 Å². The van der Waals surface area contributed by atoms with Crippen LogP contribution in [0.3, 0.4) is 0 Å². The minimum Gasteiger partial charge on any atom is -0.345 e. The summed E-state index contributed by atoms with van der Waals surface area (Å²) >= 11 is 1.67. The van der Waals surface area contributed by atoms with Gasteiger partial charge in [0.25, 0.3) is 0 Å². The molecule has 1 aliphatic rings. The van der Waals surface area contributed by atoms with Crippen LogP contribution in [0.25, 0.3) is 10.1 Å². The number of benzene rings is 1. The number of thiophene rings is 1. The summed E-state index contributed by atoms with van der Waals surface area (Å²) in [5, 5.41) is 5.87. The van der Waals surface area contributed by atoms with Gasteiger partial charge in [-0.05, 0) is 36.2 Å². The largest absolute Gasteiger partial charge is 0.345 e. The average Bonchev–Trinajstić information content (AvgIpc) is 2.83. The fourth-order valence-electron chi connectivity index (χ4n) is 2.51. The van der Waals surface area contributed by atoms with Gasteiger partial charge in [0.1, 0.15) is 5.54 Å². The molecule has 0 saturated carbocycles. The Morgan fingerprint density at radius 3 is 2.85 bits per heavy atom. The van der Waals surface area contributed by atoms with Gasteiger partial charge in [0.05, 0.1) is 6.54 Å². The molecule has 1 aliphatic heterocycles. The fraction of sp³-hybridized carbons (Fsp3) is 0.333. The monoisotopic (exact) mass is 288 g/mol. The Kier molecular flexibility index (Phi) is 3.01. The van der Waals surface area contributed by atoms with Crippen LogP contribution in [-0.2, 0) is 16.1 Å². The van der Waals surface area contributed by atoms with Crippen LogP contribution in [0, 0.1) is 0 Å². The molecule has 2 aromatic rings. The summed E-state index contributed by atoms with van der Waals surface area (Å²) in [7, 11) is 0. The number of nitrogens with zero attached hydrogens (tertiary/aromatic N) is 1. The summed E-state index contributed by atoms with van der Waals surface area (Å²) in [6.07, 6.45) is 0. The Morgan fingerprint density at radius 2 is 2.05 bits per heavy atom. The van der Waals surface area contributed by atoms with E-state index < -0.39 is 5.54 Å². The Balaban J connectivity index is 1.96. The molecule has 1 aromatic carbocycles. The predicted molar refractivity (Wildman–Crippen MR) is 79.5 cm³/mol. The minimum atomic E-state index is -0.807. The second-order valence-electron chi connectivity index (χ2n) is 5.48. The molecule has 2 amide bonds. The molecule has 0 unspecified atom stereocenters. The topological polar surface area (TPSA) is 49.4 Å². The van der Waals surface area contributed by atoms with Gasteiger partial charge >= 0.3 is 0 Å². The van der Waals surface area contributed by atoms with Gasteiger partial charge in [0, 0.05) is 11.2 Å². The maximum atomic E-state index is 12.1. The van der Waals surface area contributed by atoms with E-state index in [4.69, 9.17) is 0 Å². The number of fused-ring (bicyclic) bond motifs is 1. The molecular weight excluding hydrogens is 272 g/mol. The molecule has 0 radical (unpaired) electrons. The smallest absolute Gasteiger partial charge is 0.245 e. The summed E-state index contributed by atoms with van der Waals surface area (Å²) < 4.78 is 1.20. The first-order valence-electron chi connectivity index (χ1n) is 6.54. The van der Waals surface area contributed by atoms with E-state index in [1.807, 2.05) is 12.1 Å². The van der Waals surface area contributed by atoms with Crippen molar-refractivity contribution in [3.63, 3.8) is 0 Å². The first kappa shape index (κ1) is 13.1. The molecule has 104 valence electrons. The predicted octanol–water partition coefficient (Wildman–Crippen LogP) is 2.14. The number of hydrogen-bond acceptors (Lipinski definition) is 3.